The summed E-state index contributed by atoms with van der Waals surface area (Å²) in [5, 5.41) is 9.14. The van der Waals surface area contributed by atoms with E-state index in [-0.39, 0.29) is 0 Å². The molecule has 4 heteroatoms. The molecule has 0 saturated carbocycles. The number of thioether (sulfide) groups is 2. The quantitative estimate of drug-likeness (QED) is 0.766. The van der Waals surface area contributed by atoms with Gasteiger partial charge in [-0.05, 0) is 36.8 Å². The zero-order valence-electron chi connectivity index (χ0n) is 9.11. The highest BCUT2D eigenvalue weighted by Gasteiger charge is 2.26. The Hall–Kier alpha value is -0.530. The maximum absolute atomic E-state index is 9.14. The average molecular weight is 250 g/mol. The minimum Gasteiger partial charge on any atom is -0.345 e. The molecule has 84 valence electrons. The third kappa shape index (κ3) is 1.66. The van der Waals surface area contributed by atoms with E-state index < -0.39 is 0 Å². The van der Waals surface area contributed by atoms with Crippen molar-refractivity contribution < 1.29 is 0 Å². The van der Waals surface area contributed by atoms with Gasteiger partial charge in [-0.2, -0.15) is 5.26 Å². The third-order valence-electron chi connectivity index (χ3n) is 3.22. The molecule has 1 saturated heterocycles. The Labute approximate surface area is 104 Å². The van der Waals surface area contributed by atoms with Crippen LogP contribution >= 0.6 is 23.5 Å². The van der Waals surface area contributed by atoms with Gasteiger partial charge in [-0.25, -0.2) is 0 Å². The summed E-state index contributed by atoms with van der Waals surface area (Å²) in [6, 6.07) is 4.48. The summed E-state index contributed by atoms with van der Waals surface area (Å²) in [6.07, 6.45) is 3.62. The molecule has 0 radical (unpaired) electrons. The summed E-state index contributed by atoms with van der Waals surface area (Å²) in [7, 11) is 0. The van der Waals surface area contributed by atoms with E-state index in [4.69, 9.17) is 5.26 Å². The first kappa shape index (κ1) is 10.6. The van der Waals surface area contributed by atoms with E-state index in [2.05, 4.69) is 16.7 Å². The highest BCUT2D eigenvalue weighted by molar-refractivity contribution is 8.16. The van der Waals surface area contributed by atoms with E-state index in [1.54, 1.807) is 0 Å². The molecule has 2 nitrogen and oxygen atoms in total. The van der Waals surface area contributed by atoms with Crippen LogP contribution in [0.25, 0.3) is 0 Å². The van der Waals surface area contributed by atoms with Gasteiger partial charge in [0.2, 0.25) is 0 Å². The van der Waals surface area contributed by atoms with Crippen molar-refractivity contribution in [2.45, 2.75) is 30.4 Å². The van der Waals surface area contributed by atoms with E-state index in [1.807, 2.05) is 23.5 Å². The summed E-state index contributed by atoms with van der Waals surface area (Å²) in [5.74, 6) is 2.53. The van der Waals surface area contributed by atoms with Crippen LogP contribution in [0.4, 0.5) is 0 Å². The Balaban J connectivity index is 1.98. The van der Waals surface area contributed by atoms with Crippen molar-refractivity contribution in [3.63, 3.8) is 0 Å². The van der Waals surface area contributed by atoms with Gasteiger partial charge in [0.25, 0.3) is 0 Å². The summed E-state index contributed by atoms with van der Waals surface area (Å²) in [6.45, 7) is 1.12. The van der Waals surface area contributed by atoms with Crippen LogP contribution < -0.4 is 0 Å². The number of nitriles is 1. The first-order valence-corrected chi connectivity index (χ1v) is 7.85. The molecule has 2 aliphatic rings. The van der Waals surface area contributed by atoms with Gasteiger partial charge in [-0.1, -0.05) is 0 Å². The second-order valence-electron chi connectivity index (χ2n) is 4.22. The SMILES string of the molecule is N#Cc1cc(C2SCCCS2)n2c1CCC2. The van der Waals surface area contributed by atoms with Crippen LogP contribution in [0.5, 0.6) is 0 Å². The zero-order chi connectivity index (χ0) is 11.0. The molecule has 1 aromatic rings. The average Bonchev–Trinajstić information content (AvgIpc) is 2.91. The summed E-state index contributed by atoms with van der Waals surface area (Å²) < 4.78 is 2.96. The molecule has 3 heterocycles. The van der Waals surface area contributed by atoms with Gasteiger partial charge < -0.3 is 4.57 Å². The number of nitrogens with zero attached hydrogens (tertiary/aromatic N) is 2. The summed E-state index contributed by atoms with van der Waals surface area (Å²) in [4.78, 5) is 0. The van der Waals surface area contributed by atoms with Gasteiger partial charge in [0.15, 0.2) is 0 Å². The fraction of sp³-hybridized carbons (Fsp3) is 0.583. The standard InChI is InChI=1S/C12H14N2S2/c13-8-9-7-11(12-15-5-2-6-16-12)14-4-1-3-10(9)14/h7,12H,1-6H2. The molecule has 0 unspecified atom stereocenters. The first-order chi connectivity index (χ1) is 7.90. The minimum atomic E-state index is 0.563. The number of hydrogen-bond acceptors (Lipinski definition) is 3. The molecule has 16 heavy (non-hydrogen) atoms. The van der Waals surface area contributed by atoms with E-state index in [0.29, 0.717) is 4.58 Å². The lowest BCUT2D eigenvalue weighted by atomic mass is 10.2. The number of rotatable bonds is 1. The Kier molecular flexibility index (Phi) is 2.91. The van der Waals surface area contributed by atoms with Crippen molar-refractivity contribution in [2.24, 2.45) is 0 Å². The maximum atomic E-state index is 9.14. The van der Waals surface area contributed by atoms with Crippen molar-refractivity contribution in [3.8, 4) is 6.07 Å². The van der Waals surface area contributed by atoms with Gasteiger partial charge in [0.1, 0.15) is 6.07 Å². The predicted molar refractivity (Wildman–Crippen MR) is 69.7 cm³/mol. The second-order valence-corrected chi connectivity index (χ2v) is 6.95. The van der Waals surface area contributed by atoms with Crippen LogP contribution in [0.1, 0.15) is 34.4 Å². The third-order valence-corrected chi connectivity index (χ3v) is 6.18. The highest BCUT2D eigenvalue weighted by Crippen LogP contribution is 2.45. The predicted octanol–water partition coefficient (Wildman–Crippen LogP) is 3.17. The maximum Gasteiger partial charge on any atom is 0.101 e. The summed E-state index contributed by atoms with van der Waals surface area (Å²) in [5.41, 5.74) is 3.59. The Bertz CT molecular complexity index is 439. The van der Waals surface area contributed by atoms with Crippen molar-refractivity contribution >= 4 is 23.5 Å². The molecule has 0 N–H and O–H groups in total. The lowest BCUT2D eigenvalue weighted by Gasteiger charge is -2.22. The van der Waals surface area contributed by atoms with Crippen LogP contribution in [-0.4, -0.2) is 16.1 Å². The van der Waals surface area contributed by atoms with Gasteiger partial charge in [0, 0.05) is 17.9 Å². The van der Waals surface area contributed by atoms with Crippen molar-refractivity contribution in [3.05, 3.63) is 23.0 Å². The molecule has 0 aliphatic carbocycles. The summed E-state index contributed by atoms with van der Waals surface area (Å²) >= 11 is 4.08. The fourth-order valence-electron chi connectivity index (χ4n) is 2.50. The van der Waals surface area contributed by atoms with Crippen LogP contribution in [0, 0.1) is 11.3 Å². The van der Waals surface area contributed by atoms with Crippen molar-refractivity contribution in [1.29, 1.82) is 5.26 Å². The first-order valence-electron chi connectivity index (χ1n) is 5.76. The fourth-order valence-corrected chi connectivity index (χ4v) is 5.43. The zero-order valence-corrected chi connectivity index (χ0v) is 10.7. The molecular weight excluding hydrogens is 236 g/mol. The highest BCUT2D eigenvalue weighted by atomic mass is 32.2. The number of hydrogen-bond donors (Lipinski definition) is 0. The number of aromatic nitrogens is 1. The van der Waals surface area contributed by atoms with Crippen LogP contribution in [0.2, 0.25) is 0 Å². The van der Waals surface area contributed by atoms with Crippen LogP contribution in [0.3, 0.4) is 0 Å². The van der Waals surface area contributed by atoms with Gasteiger partial charge >= 0.3 is 0 Å². The van der Waals surface area contributed by atoms with Crippen molar-refractivity contribution in [1.82, 2.24) is 4.57 Å². The smallest absolute Gasteiger partial charge is 0.101 e. The Morgan fingerprint density at radius 2 is 2.12 bits per heavy atom. The molecule has 0 spiro atoms. The molecule has 0 bridgehead atoms. The lowest BCUT2D eigenvalue weighted by Crippen LogP contribution is -2.06. The molecular formula is C12H14N2S2. The molecule has 2 aliphatic heterocycles. The molecule has 0 atom stereocenters. The van der Waals surface area contributed by atoms with E-state index in [9.17, 15) is 0 Å². The Morgan fingerprint density at radius 1 is 1.31 bits per heavy atom. The van der Waals surface area contributed by atoms with Crippen LogP contribution in [-0.2, 0) is 13.0 Å². The van der Waals surface area contributed by atoms with E-state index >= 15 is 0 Å². The van der Waals surface area contributed by atoms with E-state index in [1.165, 1.54) is 35.7 Å². The molecule has 3 rings (SSSR count). The van der Waals surface area contributed by atoms with Gasteiger partial charge in [0.05, 0.1) is 10.1 Å². The van der Waals surface area contributed by atoms with Crippen molar-refractivity contribution in [2.75, 3.05) is 11.5 Å². The normalized spacial score (nSPS) is 20.7. The largest absolute Gasteiger partial charge is 0.345 e. The van der Waals surface area contributed by atoms with Gasteiger partial charge in [-0.15, -0.1) is 23.5 Å². The minimum absolute atomic E-state index is 0.563. The molecule has 1 fully saturated rings. The number of fused-ring (bicyclic) bond motifs is 1. The lowest BCUT2D eigenvalue weighted by molar-refractivity contribution is 0.724. The Morgan fingerprint density at radius 3 is 2.88 bits per heavy atom. The van der Waals surface area contributed by atoms with E-state index in [0.717, 1.165) is 18.5 Å². The monoisotopic (exact) mass is 250 g/mol. The molecule has 0 amide bonds. The molecule has 1 aromatic heterocycles. The second kappa shape index (κ2) is 4.38. The topological polar surface area (TPSA) is 28.7 Å². The molecule has 0 aromatic carbocycles. The van der Waals surface area contributed by atoms with Gasteiger partial charge in [-0.3, -0.25) is 0 Å². The van der Waals surface area contributed by atoms with Crippen LogP contribution in [0.15, 0.2) is 6.07 Å².